The van der Waals surface area contributed by atoms with E-state index in [4.69, 9.17) is 35.4 Å². The van der Waals surface area contributed by atoms with Crippen molar-refractivity contribution < 1.29 is 17.1 Å². The Morgan fingerprint density at radius 3 is 2.90 bits per heavy atom. The third-order valence-electron chi connectivity index (χ3n) is 4.76. The van der Waals surface area contributed by atoms with E-state index >= 15 is 0 Å². The molecule has 1 aliphatic heterocycles. The average molecular weight is 458 g/mol. The first-order valence-corrected chi connectivity index (χ1v) is 9.96. The van der Waals surface area contributed by atoms with Crippen LogP contribution in [0.2, 0.25) is 10.4 Å². The van der Waals surface area contributed by atoms with E-state index in [1.54, 1.807) is 11.6 Å². The van der Waals surface area contributed by atoms with E-state index in [2.05, 4.69) is 20.2 Å². The number of halogens is 2. The minimum Gasteiger partial charge on any atom is -0.472 e. The number of aryl methyl sites for hydroxylation is 1. The van der Waals surface area contributed by atoms with Crippen molar-refractivity contribution in [2.75, 3.05) is 19.8 Å². The summed E-state index contributed by atoms with van der Waals surface area (Å²) in [6, 6.07) is -0.0201. The molecule has 11 nitrogen and oxygen atoms in total. The molecule has 0 unspecified atom stereocenters. The van der Waals surface area contributed by atoms with E-state index in [1.807, 2.05) is 0 Å². The standard InChI is InChI=1S/C17H19Cl2N7O4/c1-10-13(26(27)28)16(23-25(10)11-3-7-29-8-4-11)30-6-2-5-24-15-12(14(18)22-24)9-20-17(19)21-15/h9,11H,2-8H2,1H3/i5D2. The molecule has 0 aromatic carbocycles. The van der Waals surface area contributed by atoms with Gasteiger partial charge in [0.25, 0.3) is 0 Å². The number of rotatable bonds is 7. The Morgan fingerprint density at radius 1 is 1.40 bits per heavy atom. The van der Waals surface area contributed by atoms with E-state index < -0.39 is 11.4 Å². The summed E-state index contributed by atoms with van der Waals surface area (Å²) in [6.07, 6.45) is 2.54. The van der Waals surface area contributed by atoms with Gasteiger partial charge < -0.3 is 9.47 Å². The summed E-state index contributed by atoms with van der Waals surface area (Å²) in [5, 5.41) is 20.2. The smallest absolute Gasteiger partial charge is 0.352 e. The third-order valence-corrected chi connectivity index (χ3v) is 5.22. The van der Waals surface area contributed by atoms with Crippen molar-refractivity contribution in [3.8, 4) is 5.88 Å². The summed E-state index contributed by atoms with van der Waals surface area (Å²) in [6.45, 7) is 0.463. The number of nitro groups is 1. The van der Waals surface area contributed by atoms with Crippen molar-refractivity contribution >= 4 is 39.9 Å². The van der Waals surface area contributed by atoms with Crippen LogP contribution < -0.4 is 4.74 Å². The molecule has 3 aromatic heterocycles. The SMILES string of the molecule is [2H]C([2H])(CCOc1nn(C2CCOCC2)c(C)c1[N+](=O)[O-])n1nc(Cl)c2cnc(Cl)nc21. The topological polar surface area (TPSA) is 123 Å². The van der Waals surface area contributed by atoms with E-state index in [0.717, 1.165) is 4.68 Å². The van der Waals surface area contributed by atoms with E-state index in [9.17, 15) is 10.1 Å². The quantitative estimate of drug-likeness (QED) is 0.300. The molecule has 4 heterocycles. The summed E-state index contributed by atoms with van der Waals surface area (Å²) < 4.78 is 30.3. The maximum atomic E-state index is 11.6. The summed E-state index contributed by atoms with van der Waals surface area (Å²) >= 11 is 11.9. The Bertz CT molecular complexity index is 1160. The van der Waals surface area contributed by atoms with Gasteiger partial charge in [0.1, 0.15) is 5.69 Å². The highest BCUT2D eigenvalue weighted by Gasteiger charge is 2.30. The Morgan fingerprint density at radius 2 is 2.17 bits per heavy atom. The van der Waals surface area contributed by atoms with Crippen molar-refractivity contribution in [1.82, 2.24) is 29.5 Å². The number of fused-ring (bicyclic) bond motifs is 1. The molecule has 1 fully saturated rings. The Balaban J connectivity index is 1.54. The fraction of sp³-hybridized carbons (Fsp3) is 0.529. The fourth-order valence-corrected chi connectivity index (χ4v) is 3.67. The molecule has 0 radical (unpaired) electrons. The summed E-state index contributed by atoms with van der Waals surface area (Å²) in [7, 11) is 0. The number of aromatic nitrogens is 6. The normalized spacial score (nSPS) is 16.5. The highest BCUT2D eigenvalue weighted by atomic mass is 35.5. The molecule has 0 atom stereocenters. The van der Waals surface area contributed by atoms with E-state index in [-0.39, 0.29) is 46.7 Å². The van der Waals surface area contributed by atoms with Crippen LogP contribution in [0.25, 0.3) is 11.0 Å². The van der Waals surface area contributed by atoms with Crippen LogP contribution in [0.3, 0.4) is 0 Å². The molecule has 160 valence electrons. The fourth-order valence-electron chi connectivity index (χ4n) is 3.33. The van der Waals surface area contributed by atoms with E-state index in [1.165, 1.54) is 6.20 Å². The first-order valence-electron chi connectivity index (χ1n) is 10.2. The molecule has 0 amide bonds. The molecule has 0 spiro atoms. The Labute approximate surface area is 183 Å². The van der Waals surface area contributed by atoms with Gasteiger partial charge in [-0.05, 0) is 31.4 Å². The predicted molar refractivity (Wildman–Crippen MR) is 108 cm³/mol. The van der Waals surface area contributed by atoms with Gasteiger partial charge in [-0.2, -0.15) is 10.1 Å². The van der Waals surface area contributed by atoms with Crippen LogP contribution in [0.5, 0.6) is 5.88 Å². The summed E-state index contributed by atoms with van der Waals surface area (Å²) in [5.74, 6) is -0.150. The van der Waals surface area contributed by atoms with Gasteiger partial charge in [-0.3, -0.25) is 14.8 Å². The van der Waals surface area contributed by atoms with Gasteiger partial charge in [0.2, 0.25) is 5.28 Å². The molecule has 4 rings (SSSR count). The highest BCUT2D eigenvalue weighted by Crippen LogP contribution is 2.34. The second-order valence-electron chi connectivity index (χ2n) is 6.62. The molecule has 3 aromatic rings. The zero-order chi connectivity index (χ0) is 23.0. The van der Waals surface area contributed by atoms with Crippen molar-refractivity contribution in [3.63, 3.8) is 0 Å². The first kappa shape index (κ1) is 18.3. The molecule has 0 aliphatic carbocycles. The maximum Gasteiger partial charge on any atom is 0.352 e. The average Bonchev–Trinajstić information content (AvgIpc) is 3.25. The van der Waals surface area contributed by atoms with Crippen LogP contribution in [0, 0.1) is 17.0 Å². The molecular formula is C17H19Cl2N7O4. The summed E-state index contributed by atoms with van der Waals surface area (Å²) in [5.41, 5.74) is 0.283. The molecule has 1 aliphatic rings. The largest absolute Gasteiger partial charge is 0.472 e. The lowest BCUT2D eigenvalue weighted by molar-refractivity contribution is -0.386. The van der Waals surface area contributed by atoms with Crippen LogP contribution in [0.4, 0.5) is 5.69 Å². The van der Waals surface area contributed by atoms with Gasteiger partial charge in [-0.15, -0.1) is 5.10 Å². The predicted octanol–water partition coefficient (Wildman–Crippen LogP) is 3.37. The Kier molecular flexibility index (Phi) is 5.30. The lowest BCUT2D eigenvalue weighted by Gasteiger charge is -2.22. The molecule has 0 saturated carbocycles. The number of hydrogen-bond acceptors (Lipinski definition) is 8. The van der Waals surface area contributed by atoms with Crippen molar-refractivity contribution in [2.24, 2.45) is 0 Å². The van der Waals surface area contributed by atoms with Gasteiger partial charge in [0.05, 0.1) is 25.7 Å². The molecule has 1 saturated heterocycles. The molecule has 0 bridgehead atoms. The number of ether oxygens (including phenoxy) is 2. The van der Waals surface area contributed by atoms with Crippen LogP contribution in [-0.2, 0) is 11.2 Å². The minimum atomic E-state index is -2.07. The number of hydrogen-bond donors (Lipinski definition) is 0. The summed E-state index contributed by atoms with van der Waals surface area (Å²) in [4.78, 5) is 18.9. The van der Waals surface area contributed by atoms with Crippen molar-refractivity contribution in [3.05, 3.63) is 32.4 Å². The Hall–Kier alpha value is -2.50. The van der Waals surface area contributed by atoms with Gasteiger partial charge in [-0.1, -0.05) is 11.6 Å². The van der Waals surface area contributed by atoms with Crippen LogP contribution in [0.15, 0.2) is 6.20 Å². The number of nitrogens with zero attached hydrogens (tertiary/aromatic N) is 7. The maximum absolute atomic E-state index is 11.6. The first-order chi connectivity index (χ1) is 15.2. The second kappa shape index (κ2) is 8.70. The van der Waals surface area contributed by atoms with Crippen LogP contribution >= 0.6 is 23.2 Å². The lowest BCUT2D eigenvalue weighted by atomic mass is 10.1. The van der Waals surface area contributed by atoms with Gasteiger partial charge in [0, 0.05) is 32.3 Å². The zero-order valence-corrected chi connectivity index (χ0v) is 17.4. The molecule has 0 N–H and O–H groups in total. The van der Waals surface area contributed by atoms with E-state index in [0.29, 0.717) is 37.1 Å². The van der Waals surface area contributed by atoms with Gasteiger partial charge in [0.15, 0.2) is 10.8 Å². The highest BCUT2D eigenvalue weighted by molar-refractivity contribution is 6.34. The zero-order valence-electron chi connectivity index (χ0n) is 17.9. The molecule has 13 heteroatoms. The molecule has 30 heavy (non-hydrogen) atoms. The lowest BCUT2D eigenvalue weighted by Crippen LogP contribution is -2.21. The van der Waals surface area contributed by atoms with Gasteiger partial charge >= 0.3 is 11.6 Å². The second-order valence-corrected chi connectivity index (χ2v) is 7.32. The van der Waals surface area contributed by atoms with Crippen molar-refractivity contribution in [1.29, 1.82) is 0 Å². The minimum absolute atomic E-state index is 0.0201. The monoisotopic (exact) mass is 457 g/mol. The molecular weight excluding hydrogens is 437 g/mol. The van der Waals surface area contributed by atoms with Gasteiger partial charge in [-0.25, -0.2) is 9.67 Å². The van der Waals surface area contributed by atoms with Crippen molar-refractivity contribution in [2.45, 2.75) is 38.7 Å². The van der Waals surface area contributed by atoms with Crippen LogP contribution in [0.1, 0.15) is 33.7 Å². The third kappa shape index (κ3) is 4.05. The van der Waals surface area contributed by atoms with Crippen LogP contribution in [-0.4, -0.2) is 54.3 Å².